The van der Waals surface area contributed by atoms with Crippen molar-refractivity contribution in [3.63, 3.8) is 0 Å². The number of fused-ring (bicyclic) bond motifs is 2. The zero-order valence-electron chi connectivity index (χ0n) is 18.0. The van der Waals surface area contributed by atoms with Crippen LogP contribution in [0.4, 0.5) is 4.79 Å². The van der Waals surface area contributed by atoms with E-state index in [1.54, 1.807) is 0 Å². The summed E-state index contributed by atoms with van der Waals surface area (Å²) in [7, 11) is 0. The first-order valence-corrected chi connectivity index (χ1v) is 11.6. The first-order valence-electron chi connectivity index (χ1n) is 10.8. The van der Waals surface area contributed by atoms with Crippen LogP contribution in [0, 0.1) is 0 Å². The number of nitrogens with zero attached hydrogens (tertiary/aromatic N) is 1. The molecule has 4 rings (SSSR count). The van der Waals surface area contributed by atoms with Gasteiger partial charge < -0.3 is 9.64 Å². The molecule has 0 saturated heterocycles. The van der Waals surface area contributed by atoms with Gasteiger partial charge >= 0.3 is 6.09 Å². The van der Waals surface area contributed by atoms with Crippen LogP contribution in [0.5, 0.6) is 0 Å². The van der Waals surface area contributed by atoms with Crippen LogP contribution in [0.25, 0.3) is 11.1 Å². The third kappa shape index (κ3) is 4.48. The minimum Gasteiger partial charge on any atom is -0.444 e. The van der Waals surface area contributed by atoms with Crippen molar-refractivity contribution in [2.24, 2.45) is 0 Å². The average molecular weight is 446 g/mol. The molecule has 0 fully saturated rings. The minimum atomic E-state index is -0.486. The lowest BCUT2D eigenvalue weighted by Crippen LogP contribution is -2.38. The fourth-order valence-electron chi connectivity index (χ4n) is 4.65. The highest BCUT2D eigenvalue weighted by Gasteiger charge is 2.27. The summed E-state index contributed by atoms with van der Waals surface area (Å²) >= 11 is 12.6. The number of halogens is 2. The van der Waals surface area contributed by atoms with Crippen molar-refractivity contribution in [3.05, 3.63) is 56.6 Å². The van der Waals surface area contributed by atoms with E-state index in [4.69, 9.17) is 27.9 Å². The predicted molar refractivity (Wildman–Crippen MR) is 124 cm³/mol. The van der Waals surface area contributed by atoms with Gasteiger partial charge in [-0.25, -0.2) is 4.79 Å². The molecule has 0 saturated carbocycles. The zero-order valence-corrected chi connectivity index (χ0v) is 19.5. The van der Waals surface area contributed by atoms with Crippen LogP contribution in [0.15, 0.2) is 24.3 Å². The van der Waals surface area contributed by atoms with E-state index >= 15 is 0 Å². The SMILES string of the molecule is CC(C)(C)OC(=O)N1CCc2cc3c(c(-c4ccc(Cl)c(Cl)c4)c2CC1)CCCC3. The molecule has 1 aliphatic carbocycles. The Morgan fingerprint density at radius 1 is 0.900 bits per heavy atom. The molecule has 3 nitrogen and oxygen atoms in total. The molecule has 0 unspecified atom stereocenters. The maximum Gasteiger partial charge on any atom is 0.410 e. The van der Waals surface area contributed by atoms with Crippen LogP contribution in [0.2, 0.25) is 10.0 Å². The normalized spacial score (nSPS) is 16.5. The summed E-state index contributed by atoms with van der Waals surface area (Å²) in [6, 6.07) is 8.35. The number of hydrogen-bond donors (Lipinski definition) is 0. The maximum absolute atomic E-state index is 12.7. The summed E-state index contributed by atoms with van der Waals surface area (Å²) in [6.45, 7) is 7.08. The van der Waals surface area contributed by atoms with Crippen LogP contribution >= 0.6 is 23.2 Å². The third-order valence-corrected chi connectivity index (χ3v) is 6.73. The summed E-state index contributed by atoms with van der Waals surface area (Å²) in [5.74, 6) is 0. The van der Waals surface area contributed by atoms with Gasteiger partial charge in [0, 0.05) is 13.1 Å². The Balaban J connectivity index is 1.74. The zero-order chi connectivity index (χ0) is 21.5. The predicted octanol–water partition coefficient (Wildman–Crippen LogP) is 6.87. The molecule has 1 amide bonds. The largest absolute Gasteiger partial charge is 0.444 e. The molecular formula is C25H29Cl2NO2. The Morgan fingerprint density at radius 3 is 2.30 bits per heavy atom. The molecule has 0 aromatic heterocycles. The van der Waals surface area contributed by atoms with Gasteiger partial charge in [0.2, 0.25) is 0 Å². The topological polar surface area (TPSA) is 29.5 Å². The summed E-state index contributed by atoms with van der Waals surface area (Å²) in [6.07, 6.45) is 6.09. The molecule has 0 atom stereocenters. The Bertz CT molecular complexity index is 978. The van der Waals surface area contributed by atoms with Crippen molar-refractivity contribution in [2.75, 3.05) is 13.1 Å². The highest BCUT2D eigenvalue weighted by molar-refractivity contribution is 6.42. The van der Waals surface area contributed by atoms with E-state index < -0.39 is 5.60 Å². The van der Waals surface area contributed by atoms with Crippen LogP contribution < -0.4 is 0 Å². The van der Waals surface area contributed by atoms with E-state index in [2.05, 4.69) is 12.1 Å². The number of amides is 1. The van der Waals surface area contributed by atoms with Gasteiger partial charge in [0.05, 0.1) is 10.0 Å². The molecule has 2 aromatic carbocycles. The van der Waals surface area contributed by atoms with Crippen molar-refractivity contribution in [3.8, 4) is 11.1 Å². The molecule has 1 heterocycles. The van der Waals surface area contributed by atoms with Gasteiger partial charge in [0.15, 0.2) is 0 Å². The third-order valence-electron chi connectivity index (χ3n) is 5.99. The lowest BCUT2D eigenvalue weighted by molar-refractivity contribution is 0.0258. The smallest absolute Gasteiger partial charge is 0.410 e. The van der Waals surface area contributed by atoms with Gasteiger partial charge in [-0.1, -0.05) is 35.3 Å². The summed E-state index contributed by atoms with van der Waals surface area (Å²) in [4.78, 5) is 14.5. The number of carbonyl (C=O) groups is 1. The lowest BCUT2D eigenvalue weighted by atomic mass is 9.80. The highest BCUT2D eigenvalue weighted by Crippen LogP contribution is 2.40. The van der Waals surface area contributed by atoms with Gasteiger partial charge in [-0.15, -0.1) is 0 Å². The van der Waals surface area contributed by atoms with Gasteiger partial charge in [0.1, 0.15) is 5.60 Å². The van der Waals surface area contributed by atoms with E-state index in [1.165, 1.54) is 40.7 Å². The Morgan fingerprint density at radius 2 is 1.57 bits per heavy atom. The Labute approximate surface area is 189 Å². The number of rotatable bonds is 1. The second-order valence-electron chi connectivity index (χ2n) is 9.33. The minimum absolute atomic E-state index is 0.226. The molecule has 0 N–H and O–H groups in total. The second-order valence-corrected chi connectivity index (χ2v) is 10.1. The van der Waals surface area contributed by atoms with E-state index in [-0.39, 0.29) is 6.09 Å². The number of carbonyl (C=O) groups excluding carboxylic acids is 1. The molecule has 0 bridgehead atoms. The molecule has 5 heteroatoms. The standard InChI is InChI=1S/C25H29Cl2NO2/c1-25(2,3)30-24(29)28-12-10-17-14-16-6-4-5-7-19(16)23(20(17)11-13-28)18-8-9-21(26)22(27)15-18/h8-9,14-15H,4-7,10-13H2,1-3H3. The monoisotopic (exact) mass is 445 g/mol. The van der Waals surface area contributed by atoms with E-state index in [1.807, 2.05) is 37.8 Å². The summed E-state index contributed by atoms with van der Waals surface area (Å²) < 4.78 is 5.63. The van der Waals surface area contributed by atoms with Crippen molar-refractivity contribution in [1.82, 2.24) is 4.90 Å². The molecular weight excluding hydrogens is 417 g/mol. The van der Waals surface area contributed by atoms with E-state index in [9.17, 15) is 4.79 Å². The van der Waals surface area contributed by atoms with Gasteiger partial charge in [-0.05, 0) is 105 Å². The van der Waals surface area contributed by atoms with Crippen molar-refractivity contribution < 1.29 is 9.53 Å². The molecule has 30 heavy (non-hydrogen) atoms. The fraction of sp³-hybridized carbons (Fsp3) is 0.480. The molecule has 0 radical (unpaired) electrons. The Hall–Kier alpha value is -1.71. The fourth-order valence-corrected chi connectivity index (χ4v) is 4.94. The van der Waals surface area contributed by atoms with Crippen molar-refractivity contribution >= 4 is 29.3 Å². The highest BCUT2D eigenvalue weighted by atomic mass is 35.5. The van der Waals surface area contributed by atoms with Gasteiger partial charge in [-0.2, -0.15) is 0 Å². The van der Waals surface area contributed by atoms with Crippen LogP contribution in [0.3, 0.4) is 0 Å². The summed E-state index contributed by atoms with van der Waals surface area (Å²) in [5, 5.41) is 1.16. The molecule has 0 spiro atoms. The second kappa shape index (κ2) is 8.43. The number of hydrogen-bond acceptors (Lipinski definition) is 2. The number of benzene rings is 2. The average Bonchev–Trinajstić information content (AvgIpc) is 2.89. The summed E-state index contributed by atoms with van der Waals surface area (Å²) in [5.41, 5.74) is 7.55. The molecule has 1 aliphatic heterocycles. The van der Waals surface area contributed by atoms with Crippen LogP contribution in [0.1, 0.15) is 55.9 Å². The van der Waals surface area contributed by atoms with E-state index in [0.29, 0.717) is 23.1 Å². The Kier molecular flexibility index (Phi) is 6.05. The van der Waals surface area contributed by atoms with Crippen molar-refractivity contribution in [1.29, 1.82) is 0 Å². The molecule has 160 valence electrons. The van der Waals surface area contributed by atoms with Gasteiger partial charge in [-0.3, -0.25) is 0 Å². The van der Waals surface area contributed by atoms with Crippen LogP contribution in [-0.4, -0.2) is 29.7 Å². The van der Waals surface area contributed by atoms with Gasteiger partial charge in [0.25, 0.3) is 0 Å². The number of aryl methyl sites for hydroxylation is 1. The quantitative estimate of drug-likeness (QED) is 0.478. The number of ether oxygens (including phenoxy) is 1. The van der Waals surface area contributed by atoms with Crippen LogP contribution in [-0.2, 0) is 30.4 Å². The lowest BCUT2D eigenvalue weighted by Gasteiger charge is -2.26. The first kappa shape index (κ1) is 21.5. The van der Waals surface area contributed by atoms with Crippen molar-refractivity contribution in [2.45, 2.75) is 64.9 Å². The maximum atomic E-state index is 12.7. The molecule has 2 aromatic rings. The van der Waals surface area contributed by atoms with E-state index in [0.717, 1.165) is 31.2 Å². The first-order chi connectivity index (χ1) is 14.2. The molecule has 2 aliphatic rings.